The number of rotatable bonds is 5. The summed E-state index contributed by atoms with van der Waals surface area (Å²) in [5, 5.41) is 2.77. The lowest BCUT2D eigenvalue weighted by atomic mass is 10.3. The molecule has 7 nitrogen and oxygen atoms in total. The van der Waals surface area contributed by atoms with Gasteiger partial charge >= 0.3 is 6.03 Å². The summed E-state index contributed by atoms with van der Waals surface area (Å²) in [7, 11) is 0. The maximum Gasteiger partial charge on any atom is 0.325 e. The van der Waals surface area contributed by atoms with Crippen molar-refractivity contribution in [3.63, 3.8) is 0 Å². The van der Waals surface area contributed by atoms with Crippen molar-refractivity contribution in [2.24, 2.45) is 0 Å². The van der Waals surface area contributed by atoms with Gasteiger partial charge in [-0.3, -0.25) is 9.69 Å². The van der Waals surface area contributed by atoms with Crippen LogP contribution in [0.25, 0.3) is 11.0 Å². The largest absolute Gasteiger partial charge is 0.347 e. The Balaban J connectivity index is 1.33. The van der Waals surface area contributed by atoms with Crippen LogP contribution >= 0.6 is 0 Å². The first-order chi connectivity index (χ1) is 13.1. The highest BCUT2D eigenvalue weighted by Crippen LogP contribution is 2.20. The molecule has 138 valence electrons. The van der Waals surface area contributed by atoms with Gasteiger partial charge in [0.05, 0.1) is 17.6 Å². The molecule has 0 spiro atoms. The highest BCUT2D eigenvalue weighted by molar-refractivity contribution is 5.96. The number of amides is 3. The summed E-state index contributed by atoms with van der Waals surface area (Å²) in [5.41, 5.74) is 2.37. The van der Waals surface area contributed by atoms with Crippen molar-refractivity contribution in [2.75, 3.05) is 24.5 Å². The summed E-state index contributed by atoms with van der Waals surface area (Å²) in [6.07, 6.45) is 0. The molecular formula is C19H18FN5O2. The van der Waals surface area contributed by atoms with Crippen LogP contribution in [0.1, 0.15) is 5.82 Å². The first kappa shape index (κ1) is 17.0. The Morgan fingerprint density at radius 1 is 1.15 bits per heavy atom. The Labute approximate surface area is 154 Å². The molecule has 27 heavy (non-hydrogen) atoms. The highest BCUT2D eigenvalue weighted by atomic mass is 19.1. The smallest absolute Gasteiger partial charge is 0.325 e. The van der Waals surface area contributed by atoms with Gasteiger partial charge in [0.15, 0.2) is 0 Å². The van der Waals surface area contributed by atoms with Crippen molar-refractivity contribution >= 4 is 28.7 Å². The number of nitrogens with one attached hydrogen (secondary N) is 2. The van der Waals surface area contributed by atoms with Crippen molar-refractivity contribution in [3.05, 3.63) is 60.2 Å². The quantitative estimate of drug-likeness (QED) is 0.726. The van der Waals surface area contributed by atoms with Crippen molar-refractivity contribution in [3.8, 4) is 0 Å². The summed E-state index contributed by atoms with van der Waals surface area (Å²) >= 11 is 0. The Morgan fingerprint density at radius 2 is 1.93 bits per heavy atom. The number of fused-ring (bicyclic) bond motifs is 1. The van der Waals surface area contributed by atoms with Crippen LogP contribution in [-0.4, -0.2) is 46.4 Å². The maximum absolute atomic E-state index is 13.0. The minimum atomic E-state index is -0.354. The number of urea groups is 1. The number of aromatic amines is 1. The van der Waals surface area contributed by atoms with Crippen molar-refractivity contribution in [2.45, 2.75) is 6.54 Å². The number of nitrogens with zero attached hydrogens (tertiary/aromatic N) is 3. The van der Waals surface area contributed by atoms with E-state index < -0.39 is 0 Å². The number of imidazole rings is 1. The Hall–Kier alpha value is -3.42. The van der Waals surface area contributed by atoms with E-state index >= 15 is 0 Å². The maximum atomic E-state index is 13.0. The molecule has 0 unspecified atom stereocenters. The van der Waals surface area contributed by atoms with Crippen LogP contribution in [0.2, 0.25) is 0 Å². The highest BCUT2D eigenvalue weighted by Gasteiger charge is 2.30. The van der Waals surface area contributed by atoms with Gasteiger partial charge in [0.2, 0.25) is 5.91 Å². The summed E-state index contributed by atoms with van der Waals surface area (Å²) in [6, 6.07) is 13.1. The molecule has 0 aliphatic carbocycles. The van der Waals surface area contributed by atoms with E-state index in [1.54, 1.807) is 12.1 Å². The van der Waals surface area contributed by atoms with E-state index in [4.69, 9.17) is 0 Å². The van der Waals surface area contributed by atoms with Crippen LogP contribution in [0.5, 0.6) is 0 Å². The third-order valence-electron chi connectivity index (χ3n) is 4.46. The third kappa shape index (κ3) is 3.59. The second-order valence-electron chi connectivity index (χ2n) is 6.31. The van der Waals surface area contributed by atoms with Gasteiger partial charge in [-0.05, 0) is 36.4 Å². The number of anilines is 1. The van der Waals surface area contributed by atoms with Gasteiger partial charge in [-0.2, -0.15) is 0 Å². The molecule has 1 aliphatic rings. The second kappa shape index (κ2) is 7.06. The fourth-order valence-corrected chi connectivity index (χ4v) is 3.09. The lowest BCUT2D eigenvalue weighted by Crippen LogP contribution is -2.39. The third-order valence-corrected chi connectivity index (χ3v) is 4.46. The van der Waals surface area contributed by atoms with Crippen LogP contribution in [0.3, 0.4) is 0 Å². The van der Waals surface area contributed by atoms with Crippen LogP contribution in [0.4, 0.5) is 14.9 Å². The minimum Gasteiger partial charge on any atom is -0.347 e. The van der Waals surface area contributed by atoms with E-state index in [1.807, 2.05) is 24.3 Å². The number of para-hydroxylation sites is 2. The zero-order chi connectivity index (χ0) is 18.8. The number of aromatic nitrogens is 2. The number of carbonyl (C=O) groups excluding carboxylic acids is 2. The molecule has 0 bridgehead atoms. The molecule has 3 amide bonds. The predicted molar refractivity (Wildman–Crippen MR) is 98.7 cm³/mol. The molecule has 0 radical (unpaired) electrons. The molecule has 1 aromatic heterocycles. The lowest BCUT2D eigenvalue weighted by molar-refractivity contribution is -0.121. The van der Waals surface area contributed by atoms with Gasteiger partial charge in [-0.25, -0.2) is 14.2 Å². The Morgan fingerprint density at radius 3 is 2.70 bits per heavy atom. The van der Waals surface area contributed by atoms with Gasteiger partial charge in [0.1, 0.15) is 18.2 Å². The summed E-state index contributed by atoms with van der Waals surface area (Å²) in [4.78, 5) is 35.2. The molecule has 4 rings (SSSR count). The first-order valence-electron chi connectivity index (χ1n) is 8.62. The average molecular weight is 367 g/mol. The number of carbonyl (C=O) groups is 2. The molecular weight excluding hydrogens is 349 g/mol. The minimum absolute atomic E-state index is 0.0310. The van der Waals surface area contributed by atoms with Crippen LogP contribution in [0.15, 0.2) is 48.5 Å². The number of H-pyrrole nitrogens is 1. The number of halogens is 1. The fraction of sp³-hybridized carbons (Fsp3) is 0.211. The molecule has 1 fully saturated rings. The summed E-state index contributed by atoms with van der Waals surface area (Å²) in [5.74, 6) is 0.0437. The van der Waals surface area contributed by atoms with Crippen molar-refractivity contribution in [1.82, 2.24) is 20.2 Å². The predicted octanol–water partition coefficient (Wildman–Crippen LogP) is 2.26. The van der Waals surface area contributed by atoms with Gasteiger partial charge in [-0.15, -0.1) is 0 Å². The Bertz CT molecular complexity index is 952. The fourth-order valence-electron chi connectivity index (χ4n) is 3.09. The second-order valence-corrected chi connectivity index (χ2v) is 6.31. The average Bonchev–Trinajstić information content (AvgIpc) is 3.24. The molecule has 1 aliphatic heterocycles. The zero-order valence-electron chi connectivity index (χ0n) is 14.5. The van der Waals surface area contributed by atoms with E-state index in [9.17, 15) is 14.0 Å². The van der Waals surface area contributed by atoms with Crippen LogP contribution < -0.4 is 10.2 Å². The normalized spacial score (nSPS) is 14.2. The Kier molecular flexibility index (Phi) is 4.45. The van der Waals surface area contributed by atoms with E-state index in [1.165, 1.54) is 21.9 Å². The molecule has 2 aromatic carbocycles. The van der Waals surface area contributed by atoms with Gasteiger partial charge in [-0.1, -0.05) is 12.1 Å². The number of hydrogen-bond donors (Lipinski definition) is 2. The van der Waals surface area contributed by atoms with Crippen LogP contribution in [-0.2, 0) is 11.3 Å². The molecule has 8 heteroatoms. The first-order valence-corrected chi connectivity index (χ1v) is 8.62. The standard InChI is InChI=1S/C19H18FN5O2/c20-13-5-7-14(8-6-13)25-10-9-24(19(25)27)12-18(26)21-11-17-22-15-3-1-2-4-16(15)23-17/h1-8H,9-12H2,(H,21,26)(H,22,23). The van der Waals surface area contributed by atoms with E-state index in [0.29, 0.717) is 24.6 Å². The summed E-state index contributed by atoms with van der Waals surface area (Å²) in [6.45, 7) is 1.13. The lowest BCUT2D eigenvalue weighted by Gasteiger charge is -2.18. The van der Waals surface area contributed by atoms with Crippen molar-refractivity contribution in [1.29, 1.82) is 0 Å². The molecule has 3 aromatic rings. The number of benzene rings is 2. The molecule has 2 heterocycles. The van der Waals surface area contributed by atoms with E-state index in [0.717, 1.165) is 11.0 Å². The molecule has 0 atom stereocenters. The van der Waals surface area contributed by atoms with Gasteiger partial charge in [0, 0.05) is 18.8 Å². The van der Waals surface area contributed by atoms with E-state index in [2.05, 4.69) is 15.3 Å². The topological polar surface area (TPSA) is 81.3 Å². The SMILES string of the molecule is O=C(CN1CCN(c2ccc(F)cc2)C1=O)NCc1nc2ccccc2[nH]1. The summed E-state index contributed by atoms with van der Waals surface area (Å²) < 4.78 is 13.0. The monoisotopic (exact) mass is 367 g/mol. The zero-order valence-corrected chi connectivity index (χ0v) is 14.5. The van der Waals surface area contributed by atoms with Gasteiger partial charge < -0.3 is 15.2 Å². The molecule has 2 N–H and O–H groups in total. The van der Waals surface area contributed by atoms with Gasteiger partial charge in [0.25, 0.3) is 0 Å². The molecule has 1 saturated heterocycles. The molecule has 0 saturated carbocycles. The van der Waals surface area contributed by atoms with Crippen molar-refractivity contribution < 1.29 is 14.0 Å². The van der Waals surface area contributed by atoms with Crippen LogP contribution in [0, 0.1) is 5.82 Å². The van der Waals surface area contributed by atoms with E-state index in [-0.39, 0.29) is 30.8 Å². The number of hydrogen-bond acceptors (Lipinski definition) is 3.